The second-order valence-corrected chi connectivity index (χ2v) is 8.71. The molecule has 0 aromatic heterocycles. The number of aryl methyl sites for hydroxylation is 1. The molecule has 0 bridgehead atoms. The van der Waals surface area contributed by atoms with Gasteiger partial charge in [-0.2, -0.15) is 0 Å². The predicted molar refractivity (Wildman–Crippen MR) is 97.0 cm³/mol. The molecule has 1 amide bonds. The lowest BCUT2D eigenvalue weighted by Gasteiger charge is -2.11. The number of rotatable bonds is 5. The maximum Gasteiger partial charge on any atom is 0.228 e. The molecule has 0 atom stereocenters. The highest BCUT2D eigenvalue weighted by atomic mass is 32.2. The molecule has 0 aliphatic carbocycles. The highest BCUT2D eigenvalue weighted by Gasteiger charge is 2.18. The molecule has 0 spiro atoms. The number of benzene rings is 2. The molecule has 2 rings (SSSR count). The van der Waals surface area contributed by atoms with E-state index < -0.39 is 15.1 Å². The zero-order valence-electron chi connectivity index (χ0n) is 14.5. The van der Waals surface area contributed by atoms with Crippen molar-refractivity contribution < 1.29 is 13.2 Å². The van der Waals surface area contributed by atoms with Crippen molar-refractivity contribution >= 4 is 21.4 Å². The third-order valence-electron chi connectivity index (χ3n) is 4.12. The van der Waals surface area contributed by atoms with Crippen LogP contribution in [-0.2, 0) is 21.1 Å². The summed E-state index contributed by atoms with van der Waals surface area (Å²) in [6, 6.07) is 12.3. The van der Waals surface area contributed by atoms with Gasteiger partial charge in [-0.05, 0) is 62.6 Å². The van der Waals surface area contributed by atoms with Gasteiger partial charge in [0.15, 0.2) is 9.84 Å². The zero-order valence-corrected chi connectivity index (χ0v) is 15.3. The molecule has 128 valence electrons. The van der Waals surface area contributed by atoms with E-state index in [2.05, 4.69) is 5.32 Å². The van der Waals surface area contributed by atoms with Crippen LogP contribution in [0.1, 0.15) is 30.5 Å². The van der Waals surface area contributed by atoms with E-state index in [0.717, 1.165) is 22.4 Å². The van der Waals surface area contributed by atoms with Crippen molar-refractivity contribution in [2.45, 2.75) is 44.3 Å². The monoisotopic (exact) mass is 345 g/mol. The summed E-state index contributed by atoms with van der Waals surface area (Å²) in [7, 11) is -3.28. The standard InChI is InChI=1S/C19H23NO3S/c1-13(2)24(22,23)17-10-8-16(9-11-17)12-19(21)20-18-7-5-6-14(3)15(18)4/h5-11,13H,12H2,1-4H3,(H,20,21). The predicted octanol–water partition coefficient (Wildman–Crippen LogP) is 3.67. The van der Waals surface area contributed by atoms with Crippen LogP contribution < -0.4 is 5.32 Å². The van der Waals surface area contributed by atoms with Gasteiger partial charge in [0.1, 0.15) is 0 Å². The second-order valence-electron chi connectivity index (χ2n) is 6.21. The lowest BCUT2D eigenvalue weighted by atomic mass is 10.1. The zero-order chi connectivity index (χ0) is 17.9. The van der Waals surface area contributed by atoms with Crippen LogP contribution in [0.5, 0.6) is 0 Å². The molecule has 1 N–H and O–H groups in total. The first-order valence-corrected chi connectivity index (χ1v) is 9.45. The Morgan fingerprint density at radius 2 is 1.67 bits per heavy atom. The van der Waals surface area contributed by atoms with Crippen LogP contribution in [0.2, 0.25) is 0 Å². The van der Waals surface area contributed by atoms with Gasteiger partial charge in [-0.3, -0.25) is 4.79 Å². The number of hydrogen-bond donors (Lipinski definition) is 1. The summed E-state index contributed by atoms with van der Waals surface area (Å²) < 4.78 is 24.2. The normalized spacial score (nSPS) is 11.5. The minimum Gasteiger partial charge on any atom is -0.326 e. The maximum absolute atomic E-state index is 12.2. The van der Waals surface area contributed by atoms with Gasteiger partial charge >= 0.3 is 0 Å². The minimum atomic E-state index is -3.28. The summed E-state index contributed by atoms with van der Waals surface area (Å²) in [5.41, 5.74) is 3.75. The first-order valence-electron chi connectivity index (χ1n) is 7.90. The van der Waals surface area contributed by atoms with E-state index >= 15 is 0 Å². The quantitative estimate of drug-likeness (QED) is 0.899. The number of amides is 1. The van der Waals surface area contributed by atoms with Gasteiger partial charge in [-0.1, -0.05) is 24.3 Å². The summed E-state index contributed by atoms with van der Waals surface area (Å²) in [5, 5.41) is 2.44. The SMILES string of the molecule is Cc1cccc(NC(=O)Cc2ccc(S(=O)(=O)C(C)C)cc2)c1C. The molecule has 0 fully saturated rings. The van der Waals surface area contributed by atoms with Crippen molar-refractivity contribution in [2.24, 2.45) is 0 Å². The van der Waals surface area contributed by atoms with Crippen LogP contribution in [0, 0.1) is 13.8 Å². The van der Waals surface area contributed by atoms with Crippen LogP contribution in [0.4, 0.5) is 5.69 Å². The van der Waals surface area contributed by atoms with Crippen molar-refractivity contribution in [2.75, 3.05) is 5.32 Å². The number of sulfone groups is 1. The second kappa shape index (κ2) is 7.18. The molecule has 24 heavy (non-hydrogen) atoms. The Kier molecular flexibility index (Phi) is 5.44. The van der Waals surface area contributed by atoms with Crippen molar-refractivity contribution in [1.82, 2.24) is 0 Å². The molecule has 0 saturated carbocycles. The molecule has 2 aromatic carbocycles. The Morgan fingerprint density at radius 1 is 1.04 bits per heavy atom. The van der Waals surface area contributed by atoms with Crippen LogP contribution in [0.15, 0.2) is 47.4 Å². The highest BCUT2D eigenvalue weighted by molar-refractivity contribution is 7.92. The number of anilines is 1. The van der Waals surface area contributed by atoms with E-state index in [1.54, 1.807) is 38.1 Å². The van der Waals surface area contributed by atoms with Gasteiger partial charge in [0.25, 0.3) is 0 Å². The van der Waals surface area contributed by atoms with Gasteiger partial charge < -0.3 is 5.32 Å². The number of nitrogens with one attached hydrogen (secondary N) is 1. The van der Waals surface area contributed by atoms with E-state index in [0.29, 0.717) is 0 Å². The summed E-state index contributed by atoms with van der Waals surface area (Å²) in [4.78, 5) is 12.5. The Morgan fingerprint density at radius 3 is 2.25 bits per heavy atom. The topological polar surface area (TPSA) is 63.2 Å². The van der Waals surface area contributed by atoms with Crippen LogP contribution >= 0.6 is 0 Å². The van der Waals surface area contributed by atoms with Gasteiger partial charge in [-0.15, -0.1) is 0 Å². The highest BCUT2D eigenvalue weighted by Crippen LogP contribution is 2.19. The molecule has 2 aromatic rings. The van der Waals surface area contributed by atoms with Gasteiger partial charge in [0, 0.05) is 5.69 Å². The third-order valence-corrected chi connectivity index (χ3v) is 6.29. The largest absolute Gasteiger partial charge is 0.326 e. The Bertz CT molecular complexity index is 837. The molecule has 4 nitrogen and oxygen atoms in total. The first-order chi connectivity index (χ1) is 11.2. The molecule has 0 aliphatic rings. The first kappa shape index (κ1) is 18.2. The van der Waals surface area contributed by atoms with E-state index in [-0.39, 0.29) is 17.2 Å². The number of carbonyl (C=O) groups excluding carboxylic acids is 1. The van der Waals surface area contributed by atoms with E-state index in [4.69, 9.17) is 0 Å². The van der Waals surface area contributed by atoms with Crippen LogP contribution in [0.3, 0.4) is 0 Å². The van der Waals surface area contributed by atoms with Gasteiger partial charge in [0.05, 0.1) is 16.6 Å². The smallest absolute Gasteiger partial charge is 0.228 e. The van der Waals surface area contributed by atoms with Crippen molar-refractivity contribution in [1.29, 1.82) is 0 Å². The van der Waals surface area contributed by atoms with Gasteiger partial charge in [0.2, 0.25) is 5.91 Å². The Labute approximate surface area is 143 Å². The van der Waals surface area contributed by atoms with Crippen LogP contribution in [0.25, 0.3) is 0 Å². The summed E-state index contributed by atoms with van der Waals surface area (Å²) in [6.07, 6.45) is 0.204. The minimum absolute atomic E-state index is 0.122. The molecular weight excluding hydrogens is 322 g/mol. The molecule has 5 heteroatoms. The molecule has 0 saturated heterocycles. The van der Waals surface area contributed by atoms with Crippen LogP contribution in [-0.4, -0.2) is 19.6 Å². The lowest BCUT2D eigenvalue weighted by molar-refractivity contribution is -0.115. The van der Waals surface area contributed by atoms with Crippen molar-refractivity contribution in [3.8, 4) is 0 Å². The molecule has 0 radical (unpaired) electrons. The molecular formula is C19H23NO3S. The number of hydrogen-bond acceptors (Lipinski definition) is 3. The average molecular weight is 345 g/mol. The lowest BCUT2D eigenvalue weighted by Crippen LogP contribution is -2.16. The fraction of sp³-hybridized carbons (Fsp3) is 0.316. The Hall–Kier alpha value is -2.14. The summed E-state index contributed by atoms with van der Waals surface area (Å²) in [6.45, 7) is 7.27. The fourth-order valence-electron chi connectivity index (χ4n) is 2.34. The number of carbonyl (C=O) groups is 1. The van der Waals surface area contributed by atoms with E-state index in [9.17, 15) is 13.2 Å². The third kappa shape index (κ3) is 4.03. The van der Waals surface area contributed by atoms with Crippen molar-refractivity contribution in [3.05, 3.63) is 59.2 Å². The fourth-order valence-corrected chi connectivity index (χ4v) is 3.40. The Balaban J connectivity index is 2.09. The van der Waals surface area contributed by atoms with Gasteiger partial charge in [-0.25, -0.2) is 8.42 Å². The molecule has 0 heterocycles. The summed E-state index contributed by atoms with van der Waals surface area (Å²) >= 11 is 0. The van der Waals surface area contributed by atoms with Crippen molar-refractivity contribution in [3.63, 3.8) is 0 Å². The molecule has 0 aliphatic heterocycles. The average Bonchev–Trinajstić information content (AvgIpc) is 2.52. The van der Waals surface area contributed by atoms with E-state index in [1.165, 1.54) is 0 Å². The summed E-state index contributed by atoms with van der Waals surface area (Å²) in [5.74, 6) is -0.122. The maximum atomic E-state index is 12.2. The van der Waals surface area contributed by atoms with E-state index in [1.807, 2.05) is 32.0 Å². The molecule has 0 unspecified atom stereocenters.